The Balaban J connectivity index is 4.07. The molecule has 0 heterocycles. The molecule has 0 nitrogen and oxygen atoms in total. The molecule has 0 radical (unpaired) electrons. The third-order valence-corrected chi connectivity index (χ3v) is 3.53. The lowest BCUT2D eigenvalue weighted by Crippen LogP contribution is -2.05. The minimum absolute atomic E-state index is 0.589. The Kier molecular flexibility index (Phi) is 10.3. The van der Waals surface area contributed by atoms with Crippen LogP contribution in [0.3, 0.4) is 0 Å². The first-order chi connectivity index (χ1) is 8.13. The lowest BCUT2D eigenvalue weighted by Gasteiger charge is -2.18. The molecular weight excluding hydrogens is 204 g/mol. The standard InChI is InChI=1S/C17H32/c1-6-10-16(5)12-9-13-17(11-7-2)14-15(4)8-3/h6,9-10,12,15-17H,7-8,11,13-14H2,1-5H3. The fourth-order valence-electron chi connectivity index (χ4n) is 2.33. The minimum atomic E-state index is 0.589. The van der Waals surface area contributed by atoms with Gasteiger partial charge in [-0.2, -0.15) is 0 Å². The number of hydrogen-bond donors (Lipinski definition) is 0. The molecule has 0 aromatic heterocycles. The van der Waals surface area contributed by atoms with Gasteiger partial charge in [0.15, 0.2) is 0 Å². The molecule has 0 saturated heterocycles. The molecule has 0 aliphatic rings. The molecule has 0 saturated carbocycles. The van der Waals surface area contributed by atoms with Crippen molar-refractivity contribution in [2.45, 2.75) is 66.7 Å². The van der Waals surface area contributed by atoms with E-state index in [2.05, 4.69) is 58.9 Å². The summed E-state index contributed by atoms with van der Waals surface area (Å²) < 4.78 is 0. The first kappa shape index (κ1) is 16.5. The average molecular weight is 236 g/mol. The molecule has 17 heavy (non-hydrogen) atoms. The normalized spacial score (nSPS) is 17.7. The maximum absolute atomic E-state index is 2.40. The fourth-order valence-corrected chi connectivity index (χ4v) is 2.33. The predicted octanol–water partition coefficient (Wildman–Crippen LogP) is 6.00. The van der Waals surface area contributed by atoms with Crippen LogP contribution in [-0.4, -0.2) is 0 Å². The van der Waals surface area contributed by atoms with Crippen LogP contribution >= 0.6 is 0 Å². The highest BCUT2D eigenvalue weighted by Gasteiger charge is 2.09. The highest BCUT2D eigenvalue weighted by atomic mass is 14.2. The van der Waals surface area contributed by atoms with E-state index in [0.29, 0.717) is 5.92 Å². The summed E-state index contributed by atoms with van der Waals surface area (Å²) in [6.07, 6.45) is 15.8. The van der Waals surface area contributed by atoms with Crippen molar-refractivity contribution in [3.63, 3.8) is 0 Å². The van der Waals surface area contributed by atoms with Gasteiger partial charge in [-0.3, -0.25) is 0 Å². The zero-order valence-electron chi connectivity index (χ0n) is 12.6. The SMILES string of the molecule is CC=CC(C)C=CCC(CCC)CC(C)CC. The summed E-state index contributed by atoms with van der Waals surface area (Å²) in [5.41, 5.74) is 0. The summed E-state index contributed by atoms with van der Waals surface area (Å²) >= 11 is 0. The zero-order chi connectivity index (χ0) is 13.1. The second-order valence-electron chi connectivity index (χ2n) is 5.45. The van der Waals surface area contributed by atoms with E-state index in [1.54, 1.807) is 0 Å². The summed E-state index contributed by atoms with van der Waals surface area (Å²) in [6.45, 7) is 11.3. The monoisotopic (exact) mass is 236 g/mol. The van der Waals surface area contributed by atoms with Gasteiger partial charge in [-0.25, -0.2) is 0 Å². The summed E-state index contributed by atoms with van der Waals surface area (Å²) in [4.78, 5) is 0. The summed E-state index contributed by atoms with van der Waals surface area (Å²) in [7, 11) is 0. The fraction of sp³-hybridized carbons (Fsp3) is 0.765. The Morgan fingerprint density at radius 2 is 1.76 bits per heavy atom. The maximum atomic E-state index is 2.40. The van der Waals surface area contributed by atoms with Gasteiger partial charge in [-0.05, 0) is 37.5 Å². The van der Waals surface area contributed by atoms with Crippen LogP contribution < -0.4 is 0 Å². The Morgan fingerprint density at radius 1 is 1.06 bits per heavy atom. The molecule has 0 aliphatic heterocycles. The third kappa shape index (κ3) is 9.21. The molecule has 3 atom stereocenters. The Morgan fingerprint density at radius 3 is 2.29 bits per heavy atom. The third-order valence-electron chi connectivity index (χ3n) is 3.53. The summed E-state index contributed by atoms with van der Waals surface area (Å²) in [5, 5.41) is 0. The zero-order valence-corrected chi connectivity index (χ0v) is 12.6. The van der Waals surface area contributed by atoms with E-state index in [9.17, 15) is 0 Å². The van der Waals surface area contributed by atoms with Gasteiger partial charge in [0.2, 0.25) is 0 Å². The number of allylic oxidation sites excluding steroid dienone is 4. The van der Waals surface area contributed by atoms with Crippen LogP contribution in [0.5, 0.6) is 0 Å². The number of hydrogen-bond acceptors (Lipinski definition) is 0. The molecule has 0 spiro atoms. The molecular formula is C17H32. The van der Waals surface area contributed by atoms with Crippen LogP contribution in [0.15, 0.2) is 24.3 Å². The van der Waals surface area contributed by atoms with Gasteiger partial charge < -0.3 is 0 Å². The average Bonchev–Trinajstić information content (AvgIpc) is 2.29. The van der Waals surface area contributed by atoms with Crippen molar-refractivity contribution in [2.24, 2.45) is 17.8 Å². The van der Waals surface area contributed by atoms with Crippen molar-refractivity contribution in [3.8, 4) is 0 Å². The van der Waals surface area contributed by atoms with Gasteiger partial charge in [0.25, 0.3) is 0 Å². The van der Waals surface area contributed by atoms with Crippen molar-refractivity contribution in [1.29, 1.82) is 0 Å². The van der Waals surface area contributed by atoms with Crippen LogP contribution in [-0.2, 0) is 0 Å². The summed E-state index contributed by atoms with van der Waals surface area (Å²) in [6, 6.07) is 0. The Labute approximate surface area is 109 Å². The van der Waals surface area contributed by atoms with Gasteiger partial charge in [-0.15, -0.1) is 0 Å². The molecule has 0 aliphatic carbocycles. The van der Waals surface area contributed by atoms with E-state index >= 15 is 0 Å². The lowest BCUT2D eigenvalue weighted by atomic mass is 9.88. The second kappa shape index (κ2) is 10.6. The summed E-state index contributed by atoms with van der Waals surface area (Å²) in [5.74, 6) is 2.36. The minimum Gasteiger partial charge on any atom is -0.0911 e. The molecule has 0 aromatic rings. The molecule has 0 aromatic carbocycles. The lowest BCUT2D eigenvalue weighted by molar-refractivity contribution is 0.362. The first-order valence-corrected chi connectivity index (χ1v) is 7.43. The molecule has 0 heteroatoms. The highest BCUT2D eigenvalue weighted by molar-refractivity contribution is 4.98. The molecule has 100 valence electrons. The van der Waals surface area contributed by atoms with Crippen LogP contribution in [0, 0.1) is 17.8 Å². The van der Waals surface area contributed by atoms with Crippen LogP contribution in [0.4, 0.5) is 0 Å². The molecule has 0 amide bonds. The maximum Gasteiger partial charge on any atom is -0.00820 e. The molecule has 0 bridgehead atoms. The topological polar surface area (TPSA) is 0 Å². The first-order valence-electron chi connectivity index (χ1n) is 7.43. The Hall–Kier alpha value is -0.520. The van der Waals surface area contributed by atoms with E-state index in [0.717, 1.165) is 11.8 Å². The predicted molar refractivity (Wildman–Crippen MR) is 80.2 cm³/mol. The van der Waals surface area contributed by atoms with Crippen LogP contribution in [0.25, 0.3) is 0 Å². The van der Waals surface area contributed by atoms with Crippen molar-refractivity contribution in [3.05, 3.63) is 24.3 Å². The quantitative estimate of drug-likeness (QED) is 0.431. The van der Waals surface area contributed by atoms with E-state index in [1.807, 2.05) is 0 Å². The molecule has 0 fully saturated rings. The van der Waals surface area contributed by atoms with Crippen molar-refractivity contribution in [2.75, 3.05) is 0 Å². The van der Waals surface area contributed by atoms with Gasteiger partial charge in [0, 0.05) is 0 Å². The van der Waals surface area contributed by atoms with Gasteiger partial charge in [-0.1, -0.05) is 71.3 Å². The van der Waals surface area contributed by atoms with Gasteiger partial charge in [0.1, 0.15) is 0 Å². The molecule has 0 N–H and O–H groups in total. The largest absolute Gasteiger partial charge is 0.0911 e. The smallest absolute Gasteiger partial charge is 0.00820 e. The van der Waals surface area contributed by atoms with E-state index in [4.69, 9.17) is 0 Å². The van der Waals surface area contributed by atoms with E-state index < -0.39 is 0 Å². The number of rotatable bonds is 9. The second-order valence-corrected chi connectivity index (χ2v) is 5.45. The molecule has 0 rings (SSSR count). The van der Waals surface area contributed by atoms with E-state index in [-0.39, 0.29) is 0 Å². The van der Waals surface area contributed by atoms with Gasteiger partial charge in [0.05, 0.1) is 0 Å². The van der Waals surface area contributed by atoms with E-state index in [1.165, 1.54) is 32.1 Å². The van der Waals surface area contributed by atoms with Crippen molar-refractivity contribution in [1.82, 2.24) is 0 Å². The molecule has 3 unspecified atom stereocenters. The van der Waals surface area contributed by atoms with Crippen LogP contribution in [0.1, 0.15) is 66.7 Å². The Bertz CT molecular complexity index is 212. The van der Waals surface area contributed by atoms with Crippen molar-refractivity contribution < 1.29 is 0 Å². The van der Waals surface area contributed by atoms with Gasteiger partial charge >= 0.3 is 0 Å². The van der Waals surface area contributed by atoms with Crippen LogP contribution in [0.2, 0.25) is 0 Å². The van der Waals surface area contributed by atoms with Crippen molar-refractivity contribution >= 4 is 0 Å². The highest BCUT2D eigenvalue weighted by Crippen LogP contribution is 2.23.